The Hall–Kier alpha value is -0.0800. The van der Waals surface area contributed by atoms with E-state index in [0.717, 1.165) is 25.7 Å². The molecule has 80 valence electrons. The zero-order valence-electron chi connectivity index (χ0n) is 9.00. The maximum absolute atomic E-state index is 9.71. The van der Waals surface area contributed by atoms with E-state index in [1.807, 2.05) is 0 Å². The molecule has 2 atom stereocenters. The largest absolute Gasteiger partial charge is 0.396 e. The van der Waals surface area contributed by atoms with E-state index in [2.05, 4.69) is 13.8 Å². The van der Waals surface area contributed by atoms with E-state index in [0.29, 0.717) is 0 Å². The van der Waals surface area contributed by atoms with E-state index in [9.17, 15) is 5.11 Å². The van der Waals surface area contributed by atoms with E-state index < -0.39 is 0 Å². The number of aliphatic hydroxyl groups excluding tert-OH is 2. The molecule has 0 aromatic carbocycles. The predicted molar refractivity (Wildman–Crippen MR) is 55.6 cm³/mol. The van der Waals surface area contributed by atoms with Crippen LogP contribution in [0.2, 0.25) is 0 Å². The maximum Gasteiger partial charge on any atom is 0.0590 e. The average molecular weight is 188 g/mol. The first-order chi connectivity index (χ1) is 6.26. The third kappa shape index (κ3) is 6.05. The standard InChI is InChI=1S/C11H24O2/c1-3-5-6-8-11(13)10(9-12)7-4-2/h10-13H,3-9H2,1-2H3. The van der Waals surface area contributed by atoms with Crippen molar-refractivity contribution in [2.24, 2.45) is 5.92 Å². The summed E-state index contributed by atoms with van der Waals surface area (Å²) in [6, 6.07) is 0. The average Bonchev–Trinajstić information content (AvgIpc) is 2.14. The minimum Gasteiger partial charge on any atom is -0.396 e. The lowest BCUT2D eigenvalue weighted by molar-refractivity contribution is 0.0540. The van der Waals surface area contributed by atoms with Crippen LogP contribution in [0.3, 0.4) is 0 Å². The molecule has 0 aliphatic carbocycles. The number of rotatable bonds is 8. The summed E-state index contributed by atoms with van der Waals surface area (Å²) in [7, 11) is 0. The SMILES string of the molecule is CCCCCC(O)C(CO)CCC. The smallest absolute Gasteiger partial charge is 0.0590 e. The van der Waals surface area contributed by atoms with Crippen LogP contribution in [0.4, 0.5) is 0 Å². The van der Waals surface area contributed by atoms with Crippen LogP contribution in [0.15, 0.2) is 0 Å². The zero-order valence-corrected chi connectivity index (χ0v) is 9.00. The van der Waals surface area contributed by atoms with E-state index in [4.69, 9.17) is 5.11 Å². The second-order valence-electron chi connectivity index (χ2n) is 3.79. The summed E-state index contributed by atoms with van der Waals surface area (Å²) in [5.74, 6) is 0.0989. The Kier molecular flexibility index (Phi) is 8.46. The molecule has 2 N–H and O–H groups in total. The number of aliphatic hydroxyl groups is 2. The fraction of sp³-hybridized carbons (Fsp3) is 1.00. The second kappa shape index (κ2) is 8.52. The molecule has 0 saturated carbocycles. The van der Waals surface area contributed by atoms with Gasteiger partial charge in [0, 0.05) is 12.5 Å². The van der Waals surface area contributed by atoms with Crippen LogP contribution in [0.25, 0.3) is 0 Å². The van der Waals surface area contributed by atoms with Gasteiger partial charge < -0.3 is 10.2 Å². The third-order valence-corrected chi connectivity index (χ3v) is 2.54. The molecule has 0 aliphatic heterocycles. The summed E-state index contributed by atoms with van der Waals surface area (Å²) in [5.41, 5.74) is 0. The molecule has 0 rings (SSSR count). The first-order valence-corrected chi connectivity index (χ1v) is 5.55. The van der Waals surface area contributed by atoms with E-state index >= 15 is 0 Å². The molecule has 0 fully saturated rings. The number of hydrogen-bond donors (Lipinski definition) is 2. The van der Waals surface area contributed by atoms with Crippen molar-refractivity contribution >= 4 is 0 Å². The van der Waals surface area contributed by atoms with Crippen molar-refractivity contribution in [2.45, 2.75) is 58.5 Å². The molecular formula is C11H24O2. The highest BCUT2D eigenvalue weighted by Crippen LogP contribution is 2.16. The van der Waals surface area contributed by atoms with Crippen molar-refractivity contribution in [3.63, 3.8) is 0 Å². The normalized spacial score (nSPS) is 15.7. The van der Waals surface area contributed by atoms with Gasteiger partial charge in [0.05, 0.1) is 6.10 Å². The van der Waals surface area contributed by atoms with Crippen LogP contribution in [-0.4, -0.2) is 22.9 Å². The van der Waals surface area contributed by atoms with Crippen LogP contribution >= 0.6 is 0 Å². The highest BCUT2D eigenvalue weighted by Gasteiger charge is 2.16. The monoisotopic (exact) mass is 188 g/mol. The maximum atomic E-state index is 9.71. The Labute approximate surface area is 82.0 Å². The van der Waals surface area contributed by atoms with Crippen LogP contribution in [-0.2, 0) is 0 Å². The Morgan fingerprint density at radius 3 is 2.15 bits per heavy atom. The molecule has 0 bridgehead atoms. The lowest BCUT2D eigenvalue weighted by atomic mass is 9.94. The minimum atomic E-state index is -0.295. The van der Waals surface area contributed by atoms with Gasteiger partial charge in [-0.3, -0.25) is 0 Å². The van der Waals surface area contributed by atoms with Crippen molar-refractivity contribution in [1.82, 2.24) is 0 Å². The lowest BCUT2D eigenvalue weighted by Crippen LogP contribution is -2.23. The summed E-state index contributed by atoms with van der Waals surface area (Å²) in [4.78, 5) is 0. The molecule has 0 amide bonds. The van der Waals surface area contributed by atoms with Gasteiger partial charge >= 0.3 is 0 Å². The fourth-order valence-electron chi connectivity index (χ4n) is 1.62. The van der Waals surface area contributed by atoms with Gasteiger partial charge in [0.1, 0.15) is 0 Å². The van der Waals surface area contributed by atoms with Gasteiger partial charge in [0.2, 0.25) is 0 Å². The molecule has 0 aromatic heterocycles. The Balaban J connectivity index is 3.57. The molecule has 2 unspecified atom stereocenters. The first-order valence-electron chi connectivity index (χ1n) is 5.55. The van der Waals surface area contributed by atoms with Gasteiger partial charge in [-0.1, -0.05) is 39.5 Å². The van der Waals surface area contributed by atoms with Crippen molar-refractivity contribution in [3.05, 3.63) is 0 Å². The van der Waals surface area contributed by atoms with Crippen molar-refractivity contribution in [2.75, 3.05) is 6.61 Å². The van der Waals surface area contributed by atoms with Crippen LogP contribution in [0.5, 0.6) is 0 Å². The van der Waals surface area contributed by atoms with Crippen molar-refractivity contribution in [3.8, 4) is 0 Å². The topological polar surface area (TPSA) is 40.5 Å². The highest BCUT2D eigenvalue weighted by molar-refractivity contribution is 4.67. The Bertz CT molecular complexity index is 104. The van der Waals surface area contributed by atoms with Gasteiger partial charge in [-0.05, 0) is 12.8 Å². The lowest BCUT2D eigenvalue weighted by Gasteiger charge is -2.19. The molecule has 0 heterocycles. The summed E-state index contributed by atoms with van der Waals surface area (Å²) in [6.07, 6.45) is 5.97. The van der Waals surface area contributed by atoms with Crippen LogP contribution < -0.4 is 0 Å². The quantitative estimate of drug-likeness (QED) is 0.574. The zero-order chi connectivity index (χ0) is 10.1. The van der Waals surface area contributed by atoms with E-state index in [1.165, 1.54) is 12.8 Å². The summed E-state index contributed by atoms with van der Waals surface area (Å²) in [6.45, 7) is 4.37. The molecule has 0 saturated heterocycles. The molecule has 0 radical (unpaired) electrons. The van der Waals surface area contributed by atoms with E-state index in [1.54, 1.807) is 0 Å². The van der Waals surface area contributed by atoms with E-state index in [-0.39, 0.29) is 18.6 Å². The number of hydrogen-bond acceptors (Lipinski definition) is 2. The highest BCUT2D eigenvalue weighted by atomic mass is 16.3. The van der Waals surface area contributed by atoms with Gasteiger partial charge in [-0.25, -0.2) is 0 Å². The second-order valence-corrected chi connectivity index (χ2v) is 3.79. The molecule has 13 heavy (non-hydrogen) atoms. The molecule has 0 aromatic rings. The number of unbranched alkanes of at least 4 members (excludes halogenated alkanes) is 2. The summed E-state index contributed by atoms with van der Waals surface area (Å²) in [5, 5.41) is 18.7. The van der Waals surface area contributed by atoms with Gasteiger partial charge in [0.15, 0.2) is 0 Å². The molecule has 0 spiro atoms. The van der Waals surface area contributed by atoms with Crippen molar-refractivity contribution < 1.29 is 10.2 Å². The predicted octanol–water partition coefficient (Wildman–Crippen LogP) is 2.34. The Morgan fingerprint density at radius 1 is 1.00 bits per heavy atom. The van der Waals surface area contributed by atoms with Crippen LogP contribution in [0, 0.1) is 5.92 Å². The van der Waals surface area contributed by atoms with Gasteiger partial charge in [-0.2, -0.15) is 0 Å². The minimum absolute atomic E-state index is 0.0989. The molecule has 2 heteroatoms. The van der Waals surface area contributed by atoms with Crippen LogP contribution in [0.1, 0.15) is 52.4 Å². The van der Waals surface area contributed by atoms with Gasteiger partial charge in [0.25, 0.3) is 0 Å². The fourth-order valence-corrected chi connectivity index (χ4v) is 1.62. The third-order valence-electron chi connectivity index (χ3n) is 2.54. The first kappa shape index (κ1) is 12.9. The molecular weight excluding hydrogens is 164 g/mol. The molecule has 0 aliphatic rings. The van der Waals surface area contributed by atoms with Gasteiger partial charge in [-0.15, -0.1) is 0 Å². The molecule has 2 nitrogen and oxygen atoms in total. The van der Waals surface area contributed by atoms with Crippen molar-refractivity contribution in [1.29, 1.82) is 0 Å². The summed E-state index contributed by atoms with van der Waals surface area (Å²) >= 11 is 0. The Morgan fingerprint density at radius 2 is 1.69 bits per heavy atom. The summed E-state index contributed by atoms with van der Waals surface area (Å²) < 4.78 is 0.